The zero-order valence-corrected chi connectivity index (χ0v) is 7.97. The van der Waals surface area contributed by atoms with Gasteiger partial charge in [-0.2, -0.15) is 13.2 Å². The third-order valence-electron chi connectivity index (χ3n) is 2.11. The lowest BCUT2D eigenvalue weighted by atomic mass is 10.0. The minimum atomic E-state index is -4.45. The topological polar surface area (TPSA) is 25.8 Å². The molecule has 1 heterocycles. The largest absolute Gasteiger partial charge is 0.451 e. The fraction of sp³-hybridized carbons (Fsp3) is 0.556. The molecule has 1 rings (SSSR count). The fourth-order valence-corrected chi connectivity index (χ4v) is 0.975. The highest BCUT2D eigenvalue weighted by atomic mass is 19.4. The summed E-state index contributed by atoms with van der Waals surface area (Å²) >= 11 is 0. The average molecular weight is 204 g/mol. The quantitative estimate of drug-likeness (QED) is 0.740. The van der Waals surface area contributed by atoms with Crippen molar-refractivity contribution in [2.24, 2.45) is 0 Å². The van der Waals surface area contributed by atoms with Gasteiger partial charge in [-0.05, 0) is 17.9 Å². The molecule has 1 aromatic rings. The first-order valence-electron chi connectivity index (χ1n) is 4.34. The van der Waals surface area contributed by atoms with Crippen molar-refractivity contribution < 1.29 is 13.2 Å². The maximum absolute atomic E-state index is 12.1. The molecule has 1 atom stereocenters. The summed E-state index contributed by atoms with van der Waals surface area (Å²) < 4.78 is 36.2. The van der Waals surface area contributed by atoms with Gasteiger partial charge in [-0.15, -0.1) is 0 Å². The molecular weight excluding hydrogens is 193 g/mol. The smallest absolute Gasteiger partial charge is 0.233 e. The average Bonchev–Trinajstić information content (AvgIpc) is 2.15. The second-order valence-electron chi connectivity index (χ2n) is 3.15. The molecule has 14 heavy (non-hydrogen) atoms. The summed E-state index contributed by atoms with van der Waals surface area (Å²) in [6.07, 6.45) is -1.11. The van der Waals surface area contributed by atoms with Gasteiger partial charge in [-0.25, -0.2) is 9.97 Å². The van der Waals surface area contributed by atoms with Crippen molar-refractivity contribution in [1.82, 2.24) is 9.97 Å². The number of alkyl halides is 3. The SMILES string of the molecule is CC[C@@H](C)c1cnc(C(F)(F)F)nc1. The van der Waals surface area contributed by atoms with E-state index < -0.39 is 12.0 Å². The zero-order chi connectivity index (χ0) is 10.8. The lowest BCUT2D eigenvalue weighted by molar-refractivity contribution is -0.145. The molecule has 0 unspecified atom stereocenters. The van der Waals surface area contributed by atoms with Crippen molar-refractivity contribution in [3.8, 4) is 0 Å². The van der Waals surface area contributed by atoms with Gasteiger partial charge in [0.1, 0.15) is 0 Å². The first-order chi connectivity index (χ1) is 6.45. The van der Waals surface area contributed by atoms with E-state index in [1.807, 2.05) is 13.8 Å². The van der Waals surface area contributed by atoms with Crippen molar-refractivity contribution in [3.05, 3.63) is 23.8 Å². The molecule has 0 bridgehead atoms. The number of aromatic nitrogens is 2. The summed E-state index contributed by atoms with van der Waals surface area (Å²) in [7, 11) is 0. The van der Waals surface area contributed by atoms with Crippen LogP contribution in [0.5, 0.6) is 0 Å². The molecule has 0 saturated heterocycles. The molecule has 0 spiro atoms. The summed E-state index contributed by atoms with van der Waals surface area (Å²) in [5, 5.41) is 0. The molecule has 0 amide bonds. The van der Waals surface area contributed by atoms with Crippen molar-refractivity contribution in [3.63, 3.8) is 0 Å². The summed E-state index contributed by atoms with van der Waals surface area (Å²) in [5.74, 6) is -0.887. The molecule has 0 aliphatic carbocycles. The molecule has 0 aliphatic heterocycles. The number of halogens is 3. The monoisotopic (exact) mass is 204 g/mol. The molecule has 0 saturated carbocycles. The zero-order valence-electron chi connectivity index (χ0n) is 7.97. The molecule has 0 fully saturated rings. The van der Waals surface area contributed by atoms with Crippen LogP contribution in [-0.2, 0) is 6.18 Å². The van der Waals surface area contributed by atoms with E-state index in [1.54, 1.807) is 0 Å². The Balaban J connectivity index is 2.89. The Morgan fingerprint density at radius 1 is 1.29 bits per heavy atom. The molecular formula is C9H11F3N2. The van der Waals surface area contributed by atoms with Crippen molar-refractivity contribution in [1.29, 1.82) is 0 Å². The van der Waals surface area contributed by atoms with Crippen LogP contribution in [0.4, 0.5) is 13.2 Å². The predicted octanol–water partition coefficient (Wildman–Crippen LogP) is 3.01. The molecule has 0 aliphatic rings. The van der Waals surface area contributed by atoms with Crippen molar-refractivity contribution in [2.75, 3.05) is 0 Å². The van der Waals surface area contributed by atoms with E-state index in [1.165, 1.54) is 12.4 Å². The normalized spacial score (nSPS) is 14.1. The summed E-state index contributed by atoms with van der Waals surface area (Å²) in [6, 6.07) is 0. The first kappa shape index (κ1) is 10.9. The lowest BCUT2D eigenvalue weighted by Gasteiger charge is -2.09. The first-order valence-corrected chi connectivity index (χ1v) is 4.34. The second kappa shape index (κ2) is 3.94. The van der Waals surface area contributed by atoms with Crippen LogP contribution in [0.2, 0.25) is 0 Å². The van der Waals surface area contributed by atoms with Crippen LogP contribution in [0.15, 0.2) is 12.4 Å². The van der Waals surface area contributed by atoms with E-state index in [4.69, 9.17) is 0 Å². The maximum Gasteiger partial charge on any atom is 0.451 e. The van der Waals surface area contributed by atoms with Crippen molar-refractivity contribution in [2.45, 2.75) is 32.4 Å². The van der Waals surface area contributed by atoms with Gasteiger partial charge in [-0.1, -0.05) is 13.8 Å². The van der Waals surface area contributed by atoms with E-state index in [0.717, 1.165) is 12.0 Å². The molecule has 2 nitrogen and oxygen atoms in total. The second-order valence-corrected chi connectivity index (χ2v) is 3.15. The molecule has 5 heteroatoms. The molecule has 0 aromatic carbocycles. The van der Waals surface area contributed by atoms with Gasteiger partial charge in [0.15, 0.2) is 0 Å². The summed E-state index contributed by atoms with van der Waals surface area (Å²) in [5.41, 5.74) is 0.737. The Hall–Kier alpha value is -1.13. The molecule has 1 aromatic heterocycles. The Bertz CT molecular complexity index is 292. The molecule has 0 radical (unpaired) electrons. The van der Waals surface area contributed by atoms with Crippen LogP contribution in [0.1, 0.15) is 37.6 Å². The van der Waals surface area contributed by atoms with Gasteiger partial charge in [0.05, 0.1) is 0 Å². The van der Waals surface area contributed by atoms with E-state index >= 15 is 0 Å². The lowest BCUT2D eigenvalue weighted by Crippen LogP contribution is -2.11. The Morgan fingerprint density at radius 3 is 2.14 bits per heavy atom. The summed E-state index contributed by atoms with van der Waals surface area (Å²) in [4.78, 5) is 6.57. The van der Waals surface area contributed by atoms with Gasteiger partial charge >= 0.3 is 6.18 Å². The maximum atomic E-state index is 12.1. The van der Waals surface area contributed by atoms with E-state index in [0.29, 0.717) is 0 Å². The van der Waals surface area contributed by atoms with Gasteiger partial charge in [-0.3, -0.25) is 0 Å². The predicted molar refractivity (Wildman–Crippen MR) is 45.7 cm³/mol. The standard InChI is InChI=1S/C9H11F3N2/c1-3-6(2)7-4-13-8(14-5-7)9(10,11)12/h4-6H,3H2,1-2H3/t6-/m1/s1. The highest BCUT2D eigenvalue weighted by Crippen LogP contribution is 2.26. The van der Waals surface area contributed by atoms with Crippen LogP contribution >= 0.6 is 0 Å². The van der Waals surface area contributed by atoms with Crippen LogP contribution in [0.3, 0.4) is 0 Å². The third-order valence-corrected chi connectivity index (χ3v) is 2.11. The number of hydrogen-bond acceptors (Lipinski definition) is 2. The molecule has 78 valence electrons. The number of rotatable bonds is 2. The number of nitrogens with zero attached hydrogens (tertiary/aromatic N) is 2. The molecule has 0 N–H and O–H groups in total. The fourth-order valence-electron chi connectivity index (χ4n) is 0.975. The van der Waals surface area contributed by atoms with Crippen LogP contribution in [0.25, 0.3) is 0 Å². The van der Waals surface area contributed by atoms with E-state index in [2.05, 4.69) is 9.97 Å². The Labute approximate surface area is 80.2 Å². The van der Waals surface area contributed by atoms with Crippen LogP contribution < -0.4 is 0 Å². The highest BCUT2D eigenvalue weighted by molar-refractivity contribution is 5.11. The highest BCUT2D eigenvalue weighted by Gasteiger charge is 2.34. The summed E-state index contributed by atoms with van der Waals surface area (Å²) in [6.45, 7) is 3.88. The van der Waals surface area contributed by atoms with Crippen molar-refractivity contribution >= 4 is 0 Å². The van der Waals surface area contributed by atoms with Gasteiger partial charge < -0.3 is 0 Å². The van der Waals surface area contributed by atoms with E-state index in [9.17, 15) is 13.2 Å². The Kier molecular flexibility index (Phi) is 3.08. The minimum Gasteiger partial charge on any atom is -0.233 e. The van der Waals surface area contributed by atoms with E-state index in [-0.39, 0.29) is 5.92 Å². The third kappa shape index (κ3) is 2.43. The van der Waals surface area contributed by atoms with Crippen LogP contribution in [-0.4, -0.2) is 9.97 Å². The van der Waals surface area contributed by atoms with Crippen LogP contribution in [0, 0.1) is 0 Å². The number of hydrogen-bond donors (Lipinski definition) is 0. The Morgan fingerprint density at radius 2 is 1.79 bits per heavy atom. The van der Waals surface area contributed by atoms with Gasteiger partial charge in [0, 0.05) is 12.4 Å². The van der Waals surface area contributed by atoms with Gasteiger partial charge in [0.25, 0.3) is 0 Å². The van der Waals surface area contributed by atoms with Gasteiger partial charge in [0.2, 0.25) is 5.82 Å². The minimum absolute atomic E-state index is 0.192.